The molecule has 6 N–H and O–H groups in total. The van der Waals surface area contributed by atoms with E-state index in [1.807, 2.05) is 0 Å². The number of carbonyl (C=O) groups excluding carboxylic acids is 1. The van der Waals surface area contributed by atoms with E-state index in [1.54, 1.807) is 0 Å². The summed E-state index contributed by atoms with van der Waals surface area (Å²) >= 11 is 0. The van der Waals surface area contributed by atoms with Gasteiger partial charge in [-0.3, -0.25) is 13.8 Å². The summed E-state index contributed by atoms with van der Waals surface area (Å²) in [4.78, 5) is 33.9. The van der Waals surface area contributed by atoms with Crippen LogP contribution in [0.3, 0.4) is 0 Å². The molecule has 2 fully saturated rings. The molecule has 2 radical (unpaired) electrons. The van der Waals surface area contributed by atoms with Crippen molar-refractivity contribution in [2.45, 2.75) is 62.7 Å². The third-order valence-corrected chi connectivity index (χ3v) is 7.64. The molecule has 2 saturated heterocycles. The number of phosphoric ester groups is 2. The molecule has 20 heteroatoms. The minimum Gasteiger partial charge on any atom is -0.390 e. The highest BCUT2D eigenvalue weighted by Gasteiger charge is 2.49. The van der Waals surface area contributed by atoms with Crippen LogP contribution in [0, 0.1) is 5.92 Å². The second-order valence-corrected chi connectivity index (χ2v) is 10.6. The minimum atomic E-state index is -5.47. The number of nitrogens with one attached hydrogen (secondary N) is 1. The van der Waals surface area contributed by atoms with E-state index in [1.165, 1.54) is 6.92 Å². The van der Waals surface area contributed by atoms with Crippen LogP contribution in [0.25, 0.3) is 10.4 Å². The molecule has 34 heavy (non-hydrogen) atoms. The largest absolute Gasteiger partial charge is 0.483 e. The van der Waals surface area contributed by atoms with Gasteiger partial charge in [0.1, 0.15) is 26.1 Å². The lowest BCUT2D eigenvalue weighted by Crippen LogP contribution is -2.61. The molecular formula is C14H25BN4O13P2. The molecule has 1 amide bonds. The number of nitrogens with zero attached hydrogens (tertiary/aromatic N) is 3. The summed E-state index contributed by atoms with van der Waals surface area (Å²) < 4.78 is 48.4. The highest BCUT2D eigenvalue weighted by molar-refractivity contribution is 7.61. The molecule has 0 aliphatic carbocycles. The second kappa shape index (κ2) is 11.8. The number of rotatable bonds is 10. The van der Waals surface area contributed by atoms with Gasteiger partial charge in [0.15, 0.2) is 6.29 Å². The maximum Gasteiger partial charge on any atom is 0.483 e. The monoisotopic (exact) mass is 530 g/mol. The average Bonchev–Trinajstić information content (AvgIpc) is 2.96. The van der Waals surface area contributed by atoms with Crippen LogP contribution in [0.15, 0.2) is 5.11 Å². The molecule has 2 heterocycles. The van der Waals surface area contributed by atoms with Crippen LogP contribution in [0.1, 0.15) is 13.8 Å². The van der Waals surface area contributed by atoms with Gasteiger partial charge in [-0.2, -0.15) is 4.31 Å². The quantitative estimate of drug-likeness (QED) is 0.0611. The summed E-state index contributed by atoms with van der Waals surface area (Å²) in [6.07, 6.45) is -8.72. The molecule has 9 unspecified atom stereocenters. The smallest absolute Gasteiger partial charge is 0.390 e. The Kier molecular flexibility index (Phi) is 10.1. The number of azide groups is 1. The molecular weight excluding hydrogens is 505 g/mol. The van der Waals surface area contributed by atoms with Gasteiger partial charge >= 0.3 is 15.6 Å². The standard InChI is InChI=1S/C14H25BN4O13P2/c1-5-7(3-17-19-16)30-14(9(10(5)21)18-6(2)20)31-34(26,27)32-33(24,25)28-4-8-11(22)12(23)13(15)29-8/h5,7-14,21-23H,3-4H2,1-2H3,(H,18,20)(H,24,25)(H,26,27)/t5?,7?,8-,9?,10?,11?,12?,13-,14?/m1/s1. The van der Waals surface area contributed by atoms with E-state index >= 15 is 0 Å². The molecule has 0 bridgehead atoms. The summed E-state index contributed by atoms with van der Waals surface area (Å²) in [5.41, 5.74) is 8.50. The van der Waals surface area contributed by atoms with Crippen LogP contribution < -0.4 is 5.32 Å². The zero-order chi connectivity index (χ0) is 25.8. The number of aliphatic hydroxyl groups is 3. The number of ether oxygens (including phenoxy) is 2. The summed E-state index contributed by atoms with van der Waals surface area (Å²) in [7, 11) is -5.43. The molecule has 2 aliphatic rings. The van der Waals surface area contributed by atoms with Crippen molar-refractivity contribution in [2.24, 2.45) is 11.0 Å². The topological polar surface area (TPSA) is 259 Å². The Morgan fingerprint density at radius 1 is 1.15 bits per heavy atom. The number of aliphatic hydroxyl groups excluding tert-OH is 3. The van der Waals surface area contributed by atoms with Crippen LogP contribution in [0.2, 0.25) is 0 Å². The highest BCUT2D eigenvalue weighted by Crippen LogP contribution is 2.61. The van der Waals surface area contributed by atoms with E-state index in [2.05, 4.69) is 24.2 Å². The lowest BCUT2D eigenvalue weighted by Gasteiger charge is -2.43. The highest BCUT2D eigenvalue weighted by atomic mass is 31.3. The summed E-state index contributed by atoms with van der Waals surface area (Å²) in [6.45, 7) is 1.42. The Morgan fingerprint density at radius 2 is 1.79 bits per heavy atom. The van der Waals surface area contributed by atoms with Crippen molar-refractivity contribution in [3.05, 3.63) is 10.4 Å². The third-order valence-electron chi connectivity index (χ3n) is 5.03. The van der Waals surface area contributed by atoms with Crippen molar-refractivity contribution in [1.29, 1.82) is 0 Å². The number of phosphoric acid groups is 2. The van der Waals surface area contributed by atoms with Gasteiger partial charge in [0, 0.05) is 23.8 Å². The van der Waals surface area contributed by atoms with Crippen LogP contribution >= 0.6 is 15.6 Å². The van der Waals surface area contributed by atoms with Crippen LogP contribution in [-0.4, -0.2) is 101 Å². The van der Waals surface area contributed by atoms with Crippen LogP contribution in [0.5, 0.6) is 0 Å². The lowest BCUT2D eigenvalue weighted by molar-refractivity contribution is -0.218. The van der Waals surface area contributed by atoms with E-state index < -0.39 is 82.9 Å². The first-order valence-electron chi connectivity index (χ1n) is 9.76. The van der Waals surface area contributed by atoms with Crippen LogP contribution in [-0.2, 0) is 36.8 Å². The maximum atomic E-state index is 12.4. The van der Waals surface area contributed by atoms with Crippen molar-refractivity contribution in [2.75, 3.05) is 13.2 Å². The fraction of sp³-hybridized carbons (Fsp3) is 0.929. The van der Waals surface area contributed by atoms with Gasteiger partial charge in [-0.25, -0.2) is 9.13 Å². The molecule has 192 valence electrons. The normalized spacial score (nSPS) is 39.4. The van der Waals surface area contributed by atoms with Gasteiger partial charge in [-0.1, -0.05) is 12.0 Å². The molecule has 0 aromatic rings. The predicted molar refractivity (Wildman–Crippen MR) is 110 cm³/mol. The van der Waals surface area contributed by atoms with Gasteiger partial charge in [0.2, 0.25) is 5.91 Å². The SMILES string of the molecule is [B][C@@H]1O[C@H](COP(=O)(O)OP(=O)(O)OC2OC(CN=[N+]=[N-])C(C)C(O)C2NC(C)=O)C(O)C1O. The maximum absolute atomic E-state index is 12.4. The fourth-order valence-electron chi connectivity index (χ4n) is 3.28. The van der Waals surface area contributed by atoms with Crippen molar-refractivity contribution in [3.63, 3.8) is 0 Å². The molecule has 11 atom stereocenters. The first-order chi connectivity index (χ1) is 15.7. The van der Waals surface area contributed by atoms with E-state index in [0.29, 0.717) is 0 Å². The lowest BCUT2D eigenvalue weighted by atomic mass is 9.89. The van der Waals surface area contributed by atoms with E-state index in [0.717, 1.165) is 6.92 Å². The van der Waals surface area contributed by atoms with Gasteiger partial charge < -0.3 is 39.9 Å². The first-order valence-corrected chi connectivity index (χ1v) is 12.7. The van der Waals surface area contributed by atoms with E-state index in [4.69, 9.17) is 27.4 Å². The number of hydrogen-bond acceptors (Lipinski definition) is 12. The van der Waals surface area contributed by atoms with Crippen molar-refractivity contribution in [1.82, 2.24) is 5.32 Å². The molecule has 2 rings (SSSR count). The van der Waals surface area contributed by atoms with Gasteiger partial charge in [0.25, 0.3) is 0 Å². The molecule has 0 spiro atoms. The Hall–Kier alpha value is -1.10. The van der Waals surface area contributed by atoms with Crippen LogP contribution in [0.4, 0.5) is 0 Å². The zero-order valence-corrected chi connectivity index (χ0v) is 19.7. The Bertz CT molecular complexity index is 879. The van der Waals surface area contributed by atoms with Gasteiger partial charge in [-0.05, 0) is 5.53 Å². The van der Waals surface area contributed by atoms with Gasteiger partial charge in [-0.15, -0.1) is 0 Å². The van der Waals surface area contributed by atoms with E-state index in [-0.39, 0.29) is 6.54 Å². The molecule has 0 aromatic carbocycles. The second-order valence-electron chi connectivity index (χ2n) is 7.57. The predicted octanol–water partition coefficient (Wildman–Crippen LogP) is -1.61. The van der Waals surface area contributed by atoms with Crippen molar-refractivity contribution < 1.29 is 61.9 Å². The summed E-state index contributed by atoms with van der Waals surface area (Å²) in [5, 5.41) is 35.3. The number of carbonyl (C=O) groups is 1. The van der Waals surface area contributed by atoms with Crippen molar-refractivity contribution in [3.8, 4) is 0 Å². The fourth-order valence-corrected chi connectivity index (χ4v) is 5.45. The molecule has 0 aromatic heterocycles. The molecule has 17 nitrogen and oxygen atoms in total. The average molecular weight is 530 g/mol. The molecule has 2 aliphatic heterocycles. The number of hydrogen-bond donors (Lipinski definition) is 6. The summed E-state index contributed by atoms with van der Waals surface area (Å²) in [6, 6.07) is -2.71. The third kappa shape index (κ3) is 7.70. The Labute approximate surface area is 194 Å². The Balaban J connectivity index is 2.09. The first kappa shape index (κ1) is 29.1. The molecule has 0 saturated carbocycles. The minimum absolute atomic E-state index is 0.308. The number of amides is 1. The van der Waals surface area contributed by atoms with E-state index in [9.17, 15) is 39.0 Å². The van der Waals surface area contributed by atoms with Gasteiger partial charge in [0.05, 0.1) is 31.5 Å². The Morgan fingerprint density at radius 3 is 2.32 bits per heavy atom. The van der Waals surface area contributed by atoms with Crippen molar-refractivity contribution >= 4 is 29.4 Å². The zero-order valence-electron chi connectivity index (χ0n) is 17.9. The summed E-state index contributed by atoms with van der Waals surface area (Å²) in [5.74, 6) is -1.39.